The minimum Gasteiger partial charge on any atom is -0.381 e. The number of anilines is 1. The average Bonchev–Trinajstić information content (AvgIpc) is 2.62. The van der Waals surface area contributed by atoms with Crippen LogP contribution in [0.4, 0.5) is 5.82 Å². The minimum atomic E-state index is 0.462. The zero-order chi connectivity index (χ0) is 12.7. The predicted octanol–water partition coefficient (Wildman–Crippen LogP) is 1.95. The van der Waals surface area contributed by atoms with Crippen LogP contribution >= 0.6 is 0 Å². The van der Waals surface area contributed by atoms with E-state index in [1.165, 1.54) is 18.4 Å². The third-order valence-corrected chi connectivity index (χ3v) is 4.63. The van der Waals surface area contributed by atoms with Crippen molar-refractivity contribution in [3.63, 3.8) is 0 Å². The maximum absolute atomic E-state index is 5.66. The lowest BCUT2D eigenvalue weighted by Gasteiger charge is -2.38. The van der Waals surface area contributed by atoms with Crippen LogP contribution in [0.5, 0.6) is 0 Å². The van der Waals surface area contributed by atoms with Gasteiger partial charge in [0.15, 0.2) is 0 Å². The number of hydrogen-bond donors (Lipinski definition) is 0. The Hall–Kier alpha value is -1.16. The first-order chi connectivity index (χ1) is 8.70. The van der Waals surface area contributed by atoms with Gasteiger partial charge in [0.25, 0.3) is 0 Å². The van der Waals surface area contributed by atoms with Crippen molar-refractivity contribution in [1.82, 2.24) is 9.97 Å². The Bertz CT molecular complexity index is 435. The van der Waals surface area contributed by atoms with E-state index in [2.05, 4.69) is 28.7 Å². The fourth-order valence-corrected chi connectivity index (χ4v) is 3.57. The number of aryl methyl sites for hydroxylation is 1. The molecule has 1 saturated heterocycles. The molecule has 1 aromatic rings. The molecule has 3 rings (SSSR count). The van der Waals surface area contributed by atoms with Crippen LogP contribution in [-0.4, -0.2) is 36.3 Å². The van der Waals surface area contributed by atoms with Crippen molar-refractivity contribution in [2.45, 2.75) is 32.8 Å². The normalized spacial score (nSPS) is 30.8. The quantitative estimate of drug-likeness (QED) is 0.800. The number of fused-ring (bicyclic) bond motifs is 2. The highest BCUT2D eigenvalue weighted by molar-refractivity contribution is 5.48. The standard InChI is InChI=1S/C14H21N3O/c1-9-10(2)15-8-16-14(9)17-6-11-4-5-12(7-17)13(11)18-3/h8,11-13H,4-7H2,1-3H3/t11-,12+,13?. The molecule has 18 heavy (non-hydrogen) atoms. The van der Waals surface area contributed by atoms with E-state index >= 15 is 0 Å². The van der Waals surface area contributed by atoms with E-state index in [9.17, 15) is 0 Å². The average molecular weight is 247 g/mol. The predicted molar refractivity (Wildman–Crippen MR) is 70.7 cm³/mol. The highest BCUT2D eigenvalue weighted by Crippen LogP contribution is 2.40. The summed E-state index contributed by atoms with van der Waals surface area (Å²) in [4.78, 5) is 11.2. The third kappa shape index (κ3) is 1.79. The van der Waals surface area contributed by atoms with Gasteiger partial charge in [0.2, 0.25) is 0 Å². The molecule has 2 fully saturated rings. The molecule has 3 atom stereocenters. The van der Waals surface area contributed by atoms with Gasteiger partial charge in [0.05, 0.1) is 6.10 Å². The SMILES string of the molecule is COC1[C@@H]2CC[C@H]1CN(c1ncnc(C)c1C)C2. The number of methoxy groups -OCH3 is 1. The smallest absolute Gasteiger partial charge is 0.135 e. The topological polar surface area (TPSA) is 38.2 Å². The minimum absolute atomic E-state index is 0.462. The van der Waals surface area contributed by atoms with Gasteiger partial charge >= 0.3 is 0 Å². The van der Waals surface area contributed by atoms with Gasteiger partial charge in [-0.25, -0.2) is 9.97 Å². The van der Waals surface area contributed by atoms with Crippen LogP contribution < -0.4 is 4.90 Å². The molecule has 4 heteroatoms. The number of nitrogens with zero attached hydrogens (tertiary/aromatic N) is 3. The van der Waals surface area contributed by atoms with Crippen LogP contribution in [0.3, 0.4) is 0 Å². The summed E-state index contributed by atoms with van der Waals surface area (Å²) in [5.74, 6) is 2.46. The zero-order valence-electron chi connectivity index (χ0n) is 11.4. The van der Waals surface area contributed by atoms with E-state index < -0.39 is 0 Å². The first-order valence-electron chi connectivity index (χ1n) is 6.76. The molecule has 4 nitrogen and oxygen atoms in total. The highest BCUT2D eigenvalue weighted by Gasteiger charge is 2.42. The van der Waals surface area contributed by atoms with Crippen LogP contribution in [0.25, 0.3) is 0 Å². The van der Waals surface area contributed by atoms with Crippen molar-refractivity contribution >= 4 is 5.82 Å². The van der Waals surface area contributed by atoms with Gasteiger partial charge in [-0.3, -0.25) is 0 Å². The van der Waals surface area contributed by atoms with Crippen molar-refractivity contribution < 1.29 is 4.74 Å². The Balaban J connectivity index is 1.85. The molecule has 1 aliphatic heterocycles. The lowest BCUT2D eigenvalue weighted by molar-refractivity contribution is 0.0294. The molecular formula is C14H21N3O. The van der Waals surface area contributed by atoms with Crippen molar-refractivity contribution in [2.24, 2.45) is 11.8 Å². The van der Waals surface area contributed by atoms with E-state index in [1.807, 2.05) is 7.11 Å². The van der Waals surface area contributed by atoms with Crippen LogP contribution in [0.1, 0.15) is 24.1 Å². The maximum Gasteiger partial charge on any atom is 0.135 e. The fourth-order valence-electron chi connectivity index (χ4n) is 3.57. The molecular weight excluding hydrogens is 226 g/mol. The van der Waals surface area contributed by atoms with Gasteiger partial charge in [0.1, 0.15) is 12.1 Å². The van der Waals surface area contributed by atoms with E-state index in [0.717, 1.165) is 24.6 Å². The summed E-state index contributed by atoms with van der Waals surface area (Å²) in [5.41, 5.74) is 2.30. The Morgan fingerprint density at radius 2 is 1.83 bits per heavy atom. The molecule has 0 amide bonds. The molecule has 0 radical (unpaired) electrons. The van der Waals surface area contributed by atoms with Crippen LogP contribution in [0.2, 0.25) is 0 Å². The second kappa shape index (κ2) is 4.50. The Morgan fingerprint density at radius 1 is 1.17 bits per heavy atom. The summed E-state index contributed by atoms with van der Waals surface area (Å²) >= 11 is 0. The van der Waals surface area contributed by atoms with Gasteiger partial charge in [0, 0.05) is 43.3 Å². The summed E-state index contributed by atoms with van der Waals surface area (Å²) in [6, 6.07) is 0. The van der Waals surface area contributed by atoms with Crippen LogP contribution in [0, 0.1) is 25.7 Å². The number of ether oxygens (including phenoxy) is 1. The monoisotopic (exact) mass is 247 g/mol. The number of rotatable bonds is 2. The third-order valence-electron chi connectivity index (χ3n) is 4.63. The van der Waals surface area contributed by atoms with Crippen LogP contribution in [-0.2, 0) is 4.74 Å². The van der Waals surface area contributed by atoms with Gasteiger partial charge in [-0.1, -0.05) is 0 Å². The zero-order valence-corrected chi connectivity index (χ0v) is 11.4. The van der Waals surface area contributed by atoms with Gasteiger partial charge < -0.3 is 9.64 Å². The van der Waals surface area contributed by atoms with E-state index in [4.69, 9.17) is 4.74 Å². The Labute approximate surface area is 108 Å². The van der Waals surface area contributed by atoms with E-state index in [-0.39, 0.29) is 0 Å². The summed E-state index contributed by atoms with van der Waals surface area (Å²) in [5, 5.41) is 0. The van der Waals surface area contributed by atoms with Crippen molar-refractivity contribution in [3.8, 4) is 0 Å². The first kappa shape index (κ1) is 11.9. The first-order valence-corrected chi connectivity index (χ1v) is 6.76. The lowest BCUT2D eigenvalue weighted by Crippen LogP contribution is -2.46. The molecule has 1 unspecified atom stereocenters. The molecule has 98 valence electrons. The molecule has 0 spiro atoms. The summed E-state index contributed by atoms with van der Waals surface area (Å²) < 4.78 is 5.66. The van der Waals surface area contributed by atoms with Crippen molar-refractivity contribution in [2.75, 3.05) is 25.1 Å². The molecule has 1 saturated carbocycles. The van der Waals surface area contributed by atoms with Crippen LogP contribution in [0.15, 0.2) is 6.33 Å². The molecule has 0 aromatic carbocycles. The van der Waals surface area contributed by atoms with E-state index in [0.29, 0.717) is 17.9 Å². The molecule has 0 N–H and O–H groups in total. The fraction of sp³-hybridized carbons (Fsp3) is 0.714. The number of piperidine rings is 1. The summed E-state index contributed by atoms with van der Waals surface area (Å²) in [7, 11) is 1.85. The molecule has 1 aliphatic carbocycles. The molecule has 1 aromatic heterocycles. The second-order valence-electron chi connectivity index (χ2n) is 5.61. The largest absolute Gasteiger partial charge is 0.381 e. The maximum atomic E-state index is 5.66. The Kier molecular flexibility index (Phi) is 2.98. The lowest BCUT2D eigenvalue weighted by atomic mass is 9.94. The molecule has 2 heterocycles. The van der Waals surface area contributed by atoms with Crippen molar-refractivity contribution in [3.05, 3.63) is 17.6 Å². The second-order valence-corrected chi connectivity index (χ2v) is 5.61. The number of hydrogen-bond acceptors (Lipinski definition) is 4. The molecule has 2 aliphatic rings. The van der Waals surface area contributed by atoms with Crippen molar-refractivity contribution in [1.29, 1.82) is 0 Å². The van der Waals surface area contributed by atoms with Gasteiger partial charge in [-0.2, -0.15) is 0 Å². The Morgan fingerprint density at radius 3 is 2.44 bits per heavy atom. The summed E-state index contributed by atoms with van der Waals surface area (Å²) in [6.07, 6.45) is 4.73. The van der Waals surface area contributed by atoms with Gasteiger partial charge in [-0.15, -0.1) is 0 Å². The van der Waals surface area contributed by atoms with Gasteiger partial charge in [-0.05, 0) is 26.7 Å². The molecule has 2 bridgehead atoms. The van der Waals surface area contributed by atoms with E-state index in [1.54, 1.807) is 6.33 Å². The highest BCUT2D eigenvalue weighted by atomic mass is 16.5. The summed E-state index contributed by atoms with van der Waals surface area (Å²) in [6.45, 7) is 6.32. The number of aromatic nitrogens is 2.